The third-order valence-corrected chi connectivity index (χ3v) is 4.46. The maximum absolute atomic E-state index is 12.6. The Morgan fingerprint density at radius 2 is 1.90 bits per heavy atom. The van der Waals surface area contributed by atoms with Crippen LogP contribution in [0.4, 0.5) is 5.69 Å². The summed E-state index contributed by atoms with van der Waals surface area (Å²) in [6.45, 7) is 0. The van der Waals surface area contributed by atoms with E-state index in [1.165, 1.54) is 0 Å². The molecule has 1 aliphatic carbocycles. The number of amides is 1. The fraction of sp³-hybridized carbons (Fsp3) is 0.438. The van der Waals surface area contributed by atoms with Gasteiger partial charge in [0.1, 0.15) is 0 Å². The van der Waals surface area contributed by atoms with Crippen molar-refractivity contribution in [2.75, 3.05) is 5.32 Å². The number of carboxylic acids is 1. The minimum atomic E-state index is -0.879. The average molecular weight is 287 g/mol. The summed E-state index contributed by atoms with van der Waals surface area (Å²) in [7, 11) is 0. The van der Waals surface area contributed by atoms with E-state index in [0.717, 1.165) is 17.7 Å². The Hall–Kier alpha value is -2.17. The molecule has 2 aliphatic rings. The number of aryl methyl sites for hydroxylation is 1. The Morgan fingerprint density at radius 1 is 1.14 bits per heavy atom. The van der Waals surface area contributed by atoms with Crippen molar-refractivity contribution in [2.24, 2.45) is 11.8 Å². The lowest BCUT2D eigenvalue weighted by atomic mass is 9.87. The molecule has 5 nitrogen and oxygen atoms in total. The molecule has 1 aliphatic heterocycles. The van der Waals surface area contributed by atoms with E-state index in [2.05, 4.69) is 5.32 Å². The first-order chi connectivity index (χ1) is 10.1. The van der Waals surface area contributed by atoms with E-state index < -0.39 is 17.8 Å². The third kappa shape index (κ3) is 2.55. The first-order valence-corrected chi connectivity index (χ1v) is 7.26. The highest BCUT2D eigenvalue weighted by molar-refractivity contribution is 6.01. The Bertz CT molecular complexity index is 623. The maximum atomic E-state index is 12.6. The molecule has 2 atom stereocenters. The van der Waals surface area contributed by atoms with Gasteiger partial charge < -0.3 is 10.4 Å². The first-order valence-electron chi connectivity index (χ1n) is 7.26. The van der Waals surface area contributed by atoms with Gasteiger partial charge in [0.15, 0.2) is 5.78 Å². The molecule has 0 radical (unpaired) electrons. The summed E-state index contributed by atoms with van der Waals surface area (Å²) < 4.78 is 0. The van der Waals surface area contributed by atoms with Crippen LogP contribution in [0.15, 0.2) is 18.2 Å². The number of hydrogen-bond donors (Lipinski definition) is 2. The number of carbonyl (C=O) groups excluding carboxylic acids is 2. The average Bonchev–Trinajstić information content (AvgIpc) is 2.95. The number of benzene rings is 1. The molecule has 1 aromatic rings. The van der Waals surface area contributed by atoms with Crippen LogP contribution in [0, 0.1) is 11.8 Å². The standard InChI is InChI=1S/C16H17NO4/c18-14-7-5-9-8-10(4-6-13(9)17-14)15(19)11-2-1-3-12(11)16(20)21/h4,6,8,11-12H,1-3,5,7H2,(H,17,18)(H,20,21). The summed E-state index contributed by atoms with van der Waals surface area (Å²) in [5, 5.41) is 12.0. The fourth-order valence-corrected chi connectivity index (χ4v) is 3.32. The molecule has 2 N–H and O–H groups in total. The number of carbonyl (C=O) groups is 3. The van der Waals surface area contributed by atoms with Crippen molar-refractivity contribution in [3.63, 3.8) is 0 Å². The molecule has 1 aromatic carbocycles. The van der Waals surface area contributed by atoms with Crippen molar-refractivity contribution in [3.05, 3.63) is 29.3 Å². The Labute approximate surface area is 122 Å². The van der Waals surface area contributed by atoms with Gasteiger partial charge in [-0.2, -0.15) is 0 Å². The molecule has 21 heavy (non-hydrogen) atoms. The highest BCUT2D eigenvalue weighted by atomic mass is 16.4. The Kier molecular flexibility index (Phi) is 3.49. The van der Waals surface area contributed by atoms with Crippen molar-refractivity contribution in [2.45, 2.75) is 32.1 Å². The number of anilines is 1. The van der Waals surface area contributed by atoms with Crippen LogP contribution in [0.25, 0.3) is 0 Å². The minimum Gasteiger partial charge on any atom is -0.481 e. The van der Waals surface area contributed by atoms with Gasteiger partial charge in [-0.05, 0) is 43.0 Å². The van der Waals surface area contributed by atoms with Gasteiger partial charge in [-0.3, -0.25) is 14.4 Å². The van der Waals surface area contributed by atoms with Crippen LogP contribution in [0.3, 0.4) is 0 Å². The number of ketones is 1. The summed E-state index contributed by atoms with van der Waals surface area (Å²) in [5.41, 5.74) is 2.26. The number of fused-ring (bicyclic) bond motifs is 1. The lowest BCUT2D eigenvalue weighted by Crippen LogP contribution is -2.26. The van der Waals surface area contributed by atoms with Gasteiger partial charge in [-0.15, -0.1) is 0 Å². The van der Waals surface area contributed by atoms with E-state index in [4.69, 9.17) is 0 Å². The van der Waals surface area contributed by atoms with E-state index in [1.807, 2.05) is 0 Å². The van der Waals surface area contributed by atoms with Crippen molar-refractivity contribution in [1.29, 1.82) is 0 Å². The molecule has 1 fully saturated rings. The zero-order valence-electron chi connectivity index (χ0n) is 11.6. The van der Waals surface area contributed by atoms with Crippen LogP contribution in [-0.4, -0.2) is 22.8 Å². The molecular formula is C16H17NO4. The predicted octanol–water partition coefficient (Wildman–Crippen LogP) is 2.25. The normalized spacial score (nSPS) is 24.3. The van der Waals surface area contributed by atoms with Crippen LogP contribution >= 0.6 is 0 Å². The number of Topliss-reactive ketones (excluding diaryl/α,β-unsaturated/α-hetero) is 1. The molecule has 110 valence electrons. The van der Waals surface area contributed by atoms with Gasteiger partial charge in [0.25, 0.3) is 0 Å². The fourth-order valence-electron chi connectivity index (χ4n) is 3.32. The highest BCUT2D eigenvalue weighted by Crippen LogP contribution is 2.35. The van der Waals surface area contributed by atoms with Crippen LogP contribution in [0.1, 0.15) is 41.6 Å². The zero-order chi connectivity index (χ0) is 15.0. The van der Waals surface area contributed by atoms with Crippen molar-refractivity contribution < 1.29 is 19.5 Å². The number of hydrogen-bond acceptors (Lipinski definition) is 3. The molecule has 5 heteroatoms. The molecule has 3 rings (SSSR count). The van der Waals surface area contributed by atoms with Gasteiger partial charge in [0, 0.05) is 23.6 Å². The molecular weight excluding hydrogens is 270 g/mol. The van der Waals surface area contributed by atoms with E-state index in [0.29, 0.717) is 31.2 Å². The highest BCUT2D eigenvalue weighted by Gasteiger charge is 2.38. The third-order valence-electron chi connectivity index (χ3n) is 4.46. The molecule has 1 amide bonds. The minimum absolute atomic E-state index is 0.0108. The Balaban J connectivity index is 1.85. The van der Waals surface area contributed by atoms with Crippen molar-refractivity contribution in [1.82, 2.24) is 0 Å². The maximum Gasteiger partial charge on any atom is 0.307 e. The summed E-state index contributed by atoms with van der Waals surface area (Å²) >= 11 is 0. The van der Waals surface area contributed by atoms with Crippen LogP contribution in [0.2, 0.25) is 0 Å². The summed E-state index contributed by atoms with van der Waals surface area (Å²) in [5.74, 6) is -1.95. The molecule has 0 spiro atoms. The van der Waals surface area contributed by atoms with E-state index in [-0.39, 0.29) is 11.7 Å². The molecule has 1 saturated carbocycles. The second-order valence-electron chi connectivity index (χ2n) is 5.77. The predicted molar refractivity (Wildman–Crippen MR) is 76.2 cm³/mol. The first kappa shape index (κ1) is 13.8. The van der Waals surface area contributed by atoms with E-state index in [1.54, 1.807) is 18.2 Å². The lowest BCUT2D eigenvalue weighted by Gasteiger charge is -2.19. The SMILES string of the molecule is O=C1CCc2cc(C(=O)C3CCCC3C(=O)O)ccc2N1. The Morgan fingerprint density at radius 3 is 2.67 bits per heavy atom. The number of rotatable bonds is 3. The van der Waals surface area contributed by atoms with Gasteiger partial charge in [0.2, 0.25) is 5.91 Å². The molecule has 2 unspecified atom stereocenters. The monoisotopic (exact) mass is 287 g/mol. The van der Waals surface area contributed by atoms with Gasteiger partial charge in [-0.25, -0.2) is 0 Å². The molecule has 1 heterocycles. The summed E-state index contributed by atoms with van der Waals surface area (Å²) in [6.07, 6.45) is 3.05. The molecule has 0 aromatic heterocycles. The summed E-state index contributed by atoms with van der Waals surface area (Å²) in [4.78, 5) is 35.1. The van der Waals surface area contributed by atoms with Gasteiger partial charge >= 0.3 is 5.97 Å². The van der Waals surface area contributed by atoms with Crippen molar-refractivity contribution in [3.8, 4) is 0 Å². The smallest absolute Gasteiger partial charge is 0.307 e. The topological polar surface area (TPSA) is 83.5 Å². The second-order valence-corrected chi connectivity index (χ2v) is 5.77. The van der Waals surface area contributed by atoms with E-state index >= 15 is 0 Å². The second kappa shape index (κ2) is 5.31. The molecule has 0 bridgehead atoms. The quantitative estimate of drug-likeness (QED) is 0.835. The number of aliphatic carboxylic acids is 1. The van der Waals surface area contributed by atoms with Gasteiger partial charge in [0.05, 0.1) is 5.92 Å². The number of carboxylic acid groups (broad SMARTS) is 1. The number of nitrogens with one attached hydrogen (secondary N) is 1. The van der Waals surface area contributed by atoms with Crippen LogP contribution < -0.4 is 5.32 Å². The molecule has 0 saturated heterocycles. The van der Waals surface area contributed by atoms with Crippen molar-refractivity contribution >= 4 is 23.3 Å². The largest absolute Gasteiger partial charge is 0.481 e. The van der Waals surface area contributed by atoms with Gasteiger partial charge in [-0.1, -0.05) is 6.42 Å². The van der Waals surface area contributed by atoms with Crippen LogP contribution in [0.5, 0.6) is 0 Å². The zero-order valence-corrected chi connectivity index (χ0v) is 11.6. The van der Waals surface area contributed by atoms with Crippen LogP contribution in [-0.2, 0) is 16.0 Å². The lowest BCUT2D eigenvalue weighted by molar-refractivity contribution is -0.142. The van der Waals surface area contributed by atoms with E-state index in [9.17, 15) is 19.5 Å². The summed E-state index contributed by atoms with van der Waals surface area (Å²) in [6, 6.07) is 5.22.